The van der Waals surface area contributed by atoms with Gasteiger partial charge >= 0.3 is 5.97 Å². The Morgan fingerprint density at radius 2 is 1.73 bits per heavy atom. The second kappa shape index (κ2) is 4.22. The molecule has 1 aliphatic heterocycles. The molecule has 4 atom stereocenters. The van der Waals surface area contributed by atoms with E-state index in [2.05, 4.69) is 30.3 Å². The van der Waals surface area contributed by atoms with Crippen molar-refractivity contribution in [2.75, 3.05) is 0 Å². The fourth-order valence-electron chi connectivity index (χ4n) is 5.43. The van der Waals surface area contributed by atoms with Crippen LogP contribution in [0.2, 0.25) is 0 Å². The minimum atomic E-state index is -0.444. The number of para-hydroxylation sites is 1. The summed E-state index contributed by atoms with van der Waals surface area (Å²) in [5.41, 5.74) is 1.98. The van der Waals surface area contributed by atoms with Crippen LogP contribution < -0.4 is 4.74 Å². The van der Waals surface area contributed by atoms with Crippen molar-refractivity contribution < 1.29 is 9.53 Å². The molecule has 0 amide bonds. The number of ether oxygens (including phenoxy) is 1. The summed E-state index contributed by atoms with van der Waals surface area (Å²) in [7, 11) is 0. The summed E-state index contributed by atoms with van der Waals surface area (Å²) in [5, 5.41) is 0. The van der Waals surface area contributed by atoms with Crippen LogP contribution in [0.1, 0.15) is 36.3 Å². The van der Waals surface area contributed by atoms with E-state index in [1.807, 2.05) is 24.3 Å². The number of esters is 1. The van der Waals surface area contributed by atoms with E-state index in [1.165, 1.54) is 12.0 Å². The molecule has 0 N–H and O–H groups in total. The highest BCUT2D eigenvalue weighted by atomic mass is 16.5. The molecule has 3 aliphatic rings. The van der Waals surface area contributed by atoms with Gasteiger partial charge in [0.2, 0.25) is 0 Å². The molecule has 22 heavy (non-hydrogen) atoms. The lowest BCUT2D eigenvalue weighted by Gasteiger charge is -2.38. The van der Waals surface area contributed by atoms with Gasteiger partial charge in [-0.2, -0.15) is 0 Å². The van der Waals surface area contributed by atoms with Crippen LogP contribution in [0.25, 0.3) is 0 Å². The largest absolute Gasteiger partial charge is 0.426 e. The van der Waals surface area contributed by atoms with Gasteiger partial charge in [-0.15, -0.1) is 0 Å². The van der Waals surface area contributed by atoms with Crippen LogP contribution in [-0.4, -0.2) is 5.97 Å². The third-order valence-corrected chi connectivity index (χ3v) is 6.11. The van der Waals surface area contributed by atoms with Gasteiger partial charge in [0.1, 0.15) is 11.2 Å². The van der Waals surface area contributed by atoms with Gasteiger partial charge in [-0.05, 0) is 42.7 Å². The van der Waals surface area contributed by atoms with E-state index in [4.69, 9.17) is 4.74 Å². The maximum atomic E-state index is 13.0. The highest BCUT2D eigenvalue weighted by Crippen LogP contribution is 2.67. The quantitative estimate of drug-likeness (QED) is 0.585. The molecular formula is C20H18O2. The molecular weight excluding hydrogens is 272 g/mol. The van der Waals surface area contributed by atoms with Crippen LogP contribution in [0.3, 0.4) is 0 Å². The number of rotatable bonds is 1. The summed E-state index contributed by atoms with van der Waals surface area (Å²) in [6, 6.07) is 18.6. The summed E-state index contributed by atoms with van der Waals surface area (Å²) < 4.78 is 5.71. The first-order valence-electron chi connectivity index (χ1n) is 8.18. The first kappa shape index (κ1) is 12.5. The Bertz CT molecular complexity index is 751. The molecule has 2 aromatic carbocycles. The predicted molar refractivity (Wildman–Crippen MR) is 83.8 cm³/mol. The number of hydrogen-bond donors (Lipinski definition) is 0. The lowest BCUT2D eigenvalue weighted by atomic mass is 9.61. The summed E-state index contributed by atoms with van der Waals surface area (Å²) in [5.74, 6) is 2.06. The molecule has 1 heterocycles. The molecule has 2 fully saturated rings. The van der Waals surface area contributed by atoms with Crippen molar-refractivity contribution in [3.63, 3.8) is 0 Å². The van der Waals surface area contributed by atoms with E-state index in [1.54, 1.807) is 0 Å². The number of benzene rings is 2. The van der Waals surface area contributed by atoms with E-state index in [0.29, 0.717) is 11.8 Å². The van der Waals surface area contributed by atoms with Crippen LogP contribution >= 0.6 is 0 Å². The minimum absolute atomic E-state index is 0.0187. The highest BCUT2D eigenvalue weighted by Gasteiger charge is 2.67. The molecule has 110 valence electrons. The average molecular weight is 290 g/mol. The third-order valence-electron chi connectivity index (χ3n) is 6.11. The van der Waals surface area contributed by atoms with E-state index in [0.717, 1.165) is 24.2 Å². The van der Waals surface area contributed by atoms with Gasteiger partial charge in [0, 0.05) is 11.5 Å². The molecule has 2 saturated carbocycles. The molecule has 0 aromatic heterocycles. The van der Waals surface area contributed by atoms with Crippen molar-refractivity contribution >= 4 is 5.97 Å². The van der Waals surface area contributed by atoms with Crippen LogP contribution in [0.4, 0.5) is 0 Å². The summed E-state index contributed by atoms with van der Waals surface area (Å²) in [6.45, 7) is 0. The van der Waals surface area contributed by atoms with E-state index >= 15 is 0 Å². The number of carbonyl (C=O) groups excluding carboxylic acids is 1. The van der Waals surface area contributed by atoms with Crippen molar-refractivity contribution in [1.29, 1.82) is 0 Å². The monoisotopic (exact) mass is 290 g/mol. The number of carbonyl (C=O) groups is 1. The fourth-order valence-corrected chi connectivity index (χ4v) is 5.43. The Balaban J connectivity index is 1.77. The van der Waals surface area contributed by atoms with E-state index < -0.39 is 5.41 Å². The summed E-state index contributed by atoms with van der Waals surface area (Å²) >= 11 is 0. The Hall–Kier alpha value is -2.09. The molecule has 2 heteroatoms. The molecule has 5 rings (SSSR count). The predicted octanol–water partition coefficient (Wildman–Crippen LogP) is 4.06. The maximum Gasteiger partial charge on any atom is 0.323 e. The normalized spacial score (nSPS) is 34.9. The summed E-state index contributed by atoms with van der Waals surface area (Å²) in [4.78, 5) is 13.0. The van der Waals surface area contributed by atoms with E-state index in [-0.39, 0.29) is 11.9 Å². The second-order valence-electron chi connectivity index (χ2n) is 6.91. The van der Waals surface area contributed by atoms with Gasteiger partial charge in [-0.3, -0.25) is 4.79 Å². The van der Waals surface area contributed by atoms with Crippen LogP contribution in [0.15, 0.2) is 54.6 Å². The summed E-state index contributed by atoms with van der Waals surface area (Å²) in [6.07, 6.45) is 3.54. The molecule has 1 spiro atoms. The van der Waals surface area contributed by atoms with Gasteiger partial charge in [-0.1, -0.05) is 48.5 Å². The molecule has 2 bridgehead atoms. The Kier molecular flexibility index (Phi) is 2.39. The first-order valence-corrected chi connectivity index (χ1v) is 8.18. The van der Waals surface area contributed by atoms with Crippen LogP contribution in [-0.2, 0) is 10.2 Å². The molecule has 2 aliphatic carbocycles. The average Bonchev–Trinajstić information content (AvgIpc) is 3.22. The SMILES string of the molecule is O=C1Oc2ccccc2C12[C@H]1CC[C@H](C1)[C@@H]2c1ccccc1. The van der Waals surface area contributed by atoms with Crippen molar-refractivity contribution in [3.05, 3.63) is 65.7 Å². The van der Waals surface area contributed by atoms with Gasteiger partial charge in [0.15, 0.2) is 0 Å². The maximum absolute atomic E-state index is 13.0. The van der Waals surface area contributed by atoms with Gasteiger partial charge in [-0.25, -0.2) is 0 Å². The standard InChI is InChI=1S/C20H18O2/c21-19-20(16-8-4-5-9-17(16)22-19)15-11-10-14(12-15)18(20)13-6-2-1-3-7-13/h1-9,14-15,18H,10-12H2/t14-,15+,18+,20?/m1/s1. The molecule has 0 radical (unpaired) electrons. The van der Waals surface area contributed by atoms with Crippen molar-refractivity contribution in [2.45, 2.75) is 30.6 Å². The Labute approximate surface area is 130 Å². The number of fused-ring (bicyclic) bond motifs is 5. The topological polar surface area (TPSA) is 26.3 Å². The zero-order valence-corrected chi connectivity index (χ0v) is 12.4. The fraction of sp³-hybridized carbons (Fsp3) is 0.350. The van der Waals surface area contributed by atoms with Crippen molar-refractivity contribution in [2.24, 2.45) is 11.8 Å². The number of hydrogen-bond acceptors (Lipinski definition) is 2. The van der Waals surface area contributed by atoms with E-state index in [9.17, 15) is 4.79 Å². The first-order chi connectivity index (χ1) is 10.8. The lowest BCUT2D eigenvalue weighted by molar-refractivity contribution is -0.141. The zero-order chi connectivity index (χ0) is 14.7. The van der Waals surface area contributed by atoms with Crippen molar-refractivity contribution in [1.82, 2.24) is 0 Å². The third kappa shape index (κ3) is 1.34. The van der Waals surface area contributed by atoms with Gasteiger partial charge in [0.25, 0.3) is 0 Å². The zero-order valence-electron chi connectivity index (χ0n) is 12.4. The molecule has 2 nitrogen and oxygen atoms in total. The van der Waals surface area contributed by atoms with Crippen LogP contribution in [0, 0.1) is 11.8 Å². The van der Waals surface area contributed by atoms with Crippen LogP contribution in [0.5, 0.6) is 5.75 Å². The Morgan fingerprint density at radius 1 is 0.955 bits per heavy atom. The smallest absolute Gasteiger partial charge is 0.323 e. The second-order valence-corrected chi connectivity index (χ2v) is 6.91. The van der Waals surface area contributed by atoms with Crippen molar-refractivity contribution in [3.8, 4) is 5.75 Å². The molecule has 2 aromatic rings. The highest BCUT2D eigenvalue weighted by molar-refractivity contribution is 5.93. The molecule has 0 saturated heterocycles. The minimum Gasteiger partial charge on any atom is -0.426 e. The Morgan fingerprint density at radius 3 is 2.59 bits per heavy atom. The lowest BCUT2D eigenvalue weighted by Crippen LogP contribution is -2.44. The van der Waals surface area contributed by atoms with Gasteiger partial charge in [0.05, 0.1) is 0 Å². The van der Waals surface area contributed by atoms with Gasteiger partial charge < -0.3 is 4.74 Å². The molecule has 1 unspecified atom stereocenters.